The predicted molar refractivity (Wildman–Crippen MR) is 80.3 cm³/mol. The molecule has 2 aromatic carbocycles. The number of nitrogens with zero attached hydrogens (tertiary/aromatic N) is 1. The SMILES string of the molecule is Nc1ccc(Oc2ccc(F)cc2Br)c2ncccc12. The molecule has 0 fully saturated rings. The maximum Gasteiger partial charge on any atom is 0.153 e. The fraction of sp³-hybridized carbons (Fsp3) is 0. The Kier molecular flexibility index (Phi) is 3.28. The van der Waals surface area contributed by atoms with Gasteiger partial charge < -0.3 is 10.5 Å². The smallest absolute Gasteiger partial charge is 0.153 e. The molecule has 0 aliphatic heterocycles. The van der Waals surface area contributed by atoms with Gasteiger partial charge in [-0.3, -0.25) is 4.98 Å². The molecule has 1 aromatic heterocycles. The van der Waals surface area contributed by atoms with E-state index in [1.807, 2.05) is 12.1 Å². The molecule has 2 N–H and O–H groups in total. The molecule has 5 heteroatoms. The van der Waals surface area contributed by atoms with Crippen molar-refractivity contribution in [2.75, 3.05) is 5.73 Å². The Morgan fingerprint density at radius 3 is 2.70 bits per heavy atom. The molecule has 3 rings (SSSR count). The highest BCUT2D eigenvalue weighted by atomic mass is 79.9. The van der Waals surface area contributed by atoms with Crippen molar-refractivity contribution in [3.05, 3.63) is 59.0 Å². The van der Waals surface area contributed by atoms with Gasteiger partial charge in [0.2, 0.25) is 0 Å². The first kappa shape index (κ1) is 12.9. The molecule has 0 amide bonds. The fourth-order valence-corrected chi connectivity index (χ4v) is 2.36. The second kappa shape index (κ2) is 5.09. The third-order valence-electron chi connectivity index (χ3n) is 2.88. The monoisotopic (exact) mass is 332 g/mol. The number of fused-ring (bicyclic) bond motifs is 1. The minimum atomic E-state index is -0.329. The van der Waals surface area contributed by atoms with E-state index in [-0.39, 0.29) is 5.82 Å². The van der Waals surface area contributed by atoms with Crippen LogP contribution in [0.15, 0.2) is 53.1 Å². The molecule has 0 spiro atoms. The van der Waals surface area contributed by atoms with E-state index in [1.54, 1.807) is 24.4 Å². The summed E-state index contributed by atoms with van der Waals surface area (Å²) in [6.07, 6.45) is 1.67. The van der Waals surface area contributed by atoms with Crippen LogP contribution in [-0.2, 0) is 0 Å². The second-order valence-corrected chi connectivity index (χ2v) is 5.08. The van der Waals surface area contributed by atoms with E-state index in [2.05, 4.69) is 20.9 Å². The second-order valence-electron chi connectivity index (χ2n) is 4.23. The molecule has 0 unspecified atom stereocenters. The summed E-state index contributed by atoms with van der Waals surface area (Å²) in [4.78, 5) is 4.29. The van der Waals surface area contributed by atoms with E-state index in [0.29, 0.717) is 27.2 Å². The van der Waals surface area contributed by atoms with Crippen LogP contribution >= 0.6 is 15.9 Å². The number of hydrogen-bond donors (Lipinski definition) is 1. The highest BCUT2D eigenvalue weighted by Crippen LogP contribution is 2.35. The molecule has 0 radical (unpaired) electrons. The highest BCUT2D eigenvalue weighted by molar-refractivity contribution is 9.10. The van der Waals surface area contributed by atoms with Crippen molar-refractivity contribution >= 4 is 32.5 Å². The van der Waals surface area contributed by atoms with Gasteiger partial charge in [0.15, 0.2) is 5.75 Å². The number of halogens is 2. The van der Waals surface area contributed by atoms with Crippen molar-refractivity contribution in [2.24, 2.45) is 0 Å². The van der Waals surface area contributed by atoms with Crippen LogP contribution in [0, 0.1) is 5.82 Å². The van der Waals surface area contributed by atoms with Gasteiger partial charge in [-0.05, 0) is 58.4 Å². The van der Waals surface area contributed by atoms with Crippen LogP contribution in [0.1, 0.15) is 0 Å². The first-order valence-corrected chi connectivity index (χ1v) is 6.70. The number of rotatable bonds is 2. The molecule has 0 aliphatic rings. The number of benzene rings is 2. The van der Waals surface area contributed by atoms with E-state index < -0.39 is 0 Å². The first-order valence-electron chi connectivity index (χ1n) is 5.91. The molecule has 1 heterocycles. The van der Waals surface area contributed by atoms with E-state index in [1.165, 1.54) is 12.1 Å². The number of hydrogen-bond acceptors (Lipinski definition) is 3. The van der Waals surface area contributed by atoms with Gasteiger partial charge in [0.05, 0.1) is 4.47 Å². The van der Waals surface area contributed by atoms with Crippen molar-refractivity contribution in [3.8, 4) is 11.5 Å². The molecule has 0 saturated carbocycles. The summed E-state index contributed by atoms with van der Waals surface area (Å²) in [7, 11) is 0. The lowest BCUT2D eigenvalue weighted by atomic mass is 10.1. The standard InChI is InChI=1S/C15H10BrFN2O/c16-11-8-9(17)3-5-13(11)20-14-6-4-12(18)10-2-1-7-19-15(10)14/h1-8H,18H2. The minimum absolute atomic E-state index is 0.329. The van der Waals surface area contributed by atoms with Crippen LogP contribution in [0.4, 0.5) is 10.1 Å². The zero-order valence-electron chi connectivity index (χ0n) is 10.3. The van der Waals surface area contributed by atoms with Crippen molar-refractivity contribution in [1.82, 2.24) is 4.98 Å². The molecule has 3 nitrogen and oxygen atoms in total. The number of nitrogen functional groups attached to an aromatic ring is 1. The summed E-state index contributed by atoms with van der Waals surface area (Å²) in [6.45, 7) is 0. The molecule has 0 saturated heterocycles. The lowest BCUT2D eigenvalue weighted by Gasteiger charge is -2.11. The van der Waals surface area contributed by atoms with Crippen molar-refractivity contribution in [3.63, 3.8) is 0 Å². The molecule has 0 atom stereocenters. The largest absolute Gasteiger partial charge is 0.454 e. The Bertz CT molecular complexity index is 792. The highest BCUT2D eigenvalue weighted by Gasteiger charge is 2.09. The van der Waals surface area contributed by atoms with Crippen LogP contribution < -0.4 is 10.5 Å². The lowest BCUT2D eigenvalue weighted by Crippen LogP contribution is -1.93. The Morgan fingerprint density at radius 2 is 1.90 bits per heavy atom. The summed E-state index contributed by atoms with van der Waals surface area (Å²) < 4.78 is 19.4. The minimum Gasteiger partial charge on any atom is -0.454 e. The third-order valence-corrected chi connectivity index (χ3v) is 3.50. The van der Waals surface area contributed by atoms with E-state index in [0.717, 1.165) is 5.39 Å². The van der Waals surface area contributed by atoms with Gasteiger partial charge in [-0.1, -0.05) is 0 Å². The quantitative estimate of drug-likeness (QED) is 0.702. The average Bonchev–Trinajstić information content (AvgIpc) is 2.45. The van der Waals surface area contributed by atoms with Crippen LogP contribution in [0.3, 0.4) is 0 Å². The van der Waals surface area contributed by atoms with Crippen LogP contribution in [0.2, 0.25) is 0 Å². The van der Waals surface area contributed by atoms with E-state index >= 15 is 0 Å². The average molecular weight is 333 g/mol. The topological polar surface area (TPSA) is 48.1 Å². The first-order chi connectivity index (χ1) is 9.65. The number of nitrogens with two attached hydrogens (primary N) is 1. The predicted octanol–water partition coefficient (Wildman–Crippen LogP) is 4.51. The van der Waals surface area contributed by atoms with Crippen molar-refractivity contribution in [2.45, 2.75) is 0 Å². The fourth-order valence-electron chi connectivity index (χ4n) is 1.93. The van der Waals surface area contributed by atoms with Gasteiger partial charge in [-0.2, -0.15) is 0 Å². The normalized spacial score (nSPS) is 10.7. The summed E-state index contributed by atoms with van der Waals surface area (Å²) >= 11 is 3.27. The van der Waals surface area contributed by atoms with Crippen LogP contribution in [0.25, 0.3) is 10.9 Å². The number of ether oxygens (including phenoxy) is 1. The number of anilines is 1. The molecule has 0 bridgehead atoms. The van der Waals surface area contributed by atoms with E-state index in [4.69, 9.17) is 10.5 Å². The summed E-state index contributed by atoms with van der Waals surface area (Å²) in [5, 5.41) is 0.822. The lowest BCUT2D eigenvalue weighted by molar-refractivity contribution is 0.481. The summed E-state index contributed by atoms with van der Waals surface area (Å²) in [6, 6.07) is 11.5. The maximum atomic E-state index is 13.1. The van der Waals surface area contributed by atoms with Crippen LogP contribution in [-0.4, -0.2) is 4.98 Å². The van der Waals surface area contributed by atoms with Gasteiger partial charge in [-0.15, -0.1) is 0 Å². The Labute approximate surface area is 123 Å². The Morgan fingerprint density at radius 1 is 1.10 bits per heavy atom. The van der Waals surface area contributed by atoms with Crippen LogP contribution in [0.5, 0.6) is 11.5 Å². The third kappa shape index (κ3) is 2.32. The molecular formula is C15H10BrFN2O. The summed E-state index contributed by atoms with van der Waals surface area (Å²) in [5.74, 6) is 0.759. The molecule has 0 aliphatic carbocycles. The zero-order chi connectivity index (χ0) is 14.1. The maximum absolute atomic E-state index is 13.1. The Balaban J connectivity index is 2.09. The Hall–Kier alpha value is -2.14. The van der Waals surface area contributed by atoms with E-state index in [9.17, 15) is 4.39 Å². The molecule has 20 heavy (non-hydrogen) atoms. The van der Waals surface area contributed by atoms with Gasteiger partial charge in [0, 0.05) is 17.3 Å². The van der Waals surface area contributed by atoms with Gasteiger partial charge in [-0.25, -0.2) is 4.39 Å². The summed E-state index contributed by atoms with van der Waals surface area (Å²) in [5.41, 5.74) is 7.22. The van der Waals surface area contributed by atoms with Gasteiger partial charge >= 0.3 is 0 Å². The van der Waals surface area contributed by atoms with Gasteiger partial charge in [0.1, 0.15) is 17.1 Å². The molecule has 3 aromatic rings. The molecule has 100 valence electrons. The molecular weight excluding hydrogens is 323 g/mol. The number of pyridine rings is 1. The number of aromatic nitrogens is 1. The van der Waals surface area contributed by atoms with Gasteiger partial charge in [0.25, 0.3) is 0 Å². The van der Waals surface area contributed by atoms with Crippen molar-refractivity contribution < 1.29 is 9.13 Å². The zero-order valence-corrected chi connectivity index (χ0v) is 11.9. The van der Waals surface area contributed by atoms with Crippen molar-refractivity contribution in [1.29, 1.82) is 0 Å².